The van der Waals surface area contributed by atoms with Crippen LogP contribution in [0.5, 0.6) is 0 Å². The lowest BCUT2D eigenvalue weighted by atomic mass is 9.71. The Morgan fingerprint density at radius 1 is 1.35 bits per heavy atom. The predicted octanol–water partition coefficient (Wildman–Crippen LogP) is 2.42. The van der Waals surface area contributed by atoms with E-state index < -0.39 is 5.41 Å². The molecule has 0 N–H and O–H groups in total. The minimum atomic E-state index is -0.435. The van der Waals surface area contributed by atoms with Gasteiger partial charge in [0.05, 0.1) is 12.0 Å². The third-order valence-electron chi connectivity index (χ3n) is 4.30. The molecule has 3 nitrogen and oxygen atoms in total. The summed E-state index contributed by atoms with van der Waals surface area (Å²) in [5.41, 5.74) is 1.49. The van der Waals surface area contributed by atoms with Crippen molar-refractivity contribution in [1.82, 2.24) is 4.90 Å². The molecule has 0 unspecified atom stereocenters. The Balaban J connectivity index is 2.52. The molecule has 3 heteroatoms. The van der Waals surface area contributed by atoms with Crippen molar-refractivity contribution in [3.63, 3.8) is 0 Å². The van der Waals surface area contributed by atoms with Crippen molar-refractivity contribution in [3.8, 4) is 0 Å². The molecule has 1 fully saturated rings. The number of nitrogens with zero attached hydrogens (tertiary/aromatic N) is 2. The summed E-state index contributed by atoms with van der Waals surface area (Å²) in [5, 5.41) is 0. The second-order valence-electron chi connectivity index (χ2n) is 6.09. The standard InChI is InChI=1S/C14H22N2O/c1-9(2)16-8-14(13(5,6)12(16)17)10(3)7-11(4)15-14/h7,9H,8H2,1-6H3/t14-/m1/s1. The number of hydrogen-bond donors (Lipinski definition) is 0. The largest absolute Gasteiger partial charge is 0.337 e. The van der Waals surface area contributed by atoms with Gasteiger partial charge in [-0.1, -0.05) is 0 Å². The molecule has 0 aliphatic carbocycles. The summed E-state index contributed by atoms with van der Waals surface area (Å²) in [4.78, 5) is 19.3. The molecule has 0 saturated carbocycles. The first kappa shape index (κ1) is 12.3. The predicted molar refractivity (Wildman–Crippen MR) is 70.2 cm³/mol. The molecule has 2 aliphatic heterocycles. The maximum Gasteiger partial charge on any atom is 0.231 e. The van der Waals surface area contributed by atoms with Crippen LogP contribution in [0.15, 0.2) is 16.6 Å². The van der Waals surface area contributed by atoms with E-state index in [1.165, 1.54) is 5.57 Å². The Hall–Kier alpha value is -1.12. The van der Waals surface area contributed by atoms with Gasteiger partial charge in [0.15, 0.2) is 0 Å². The van der Waals surface area contributed by atoms with Crippen LogP contribution in [0.4, 0.5) is 0 Å². The first-order valence-corrected chi connectivity index (χ1v) is 6.28. The molecular weight excluding hydrogens is 212 g/mol. The molecule has 2 aliphatic rings. The fraction of sp³-hybridized carbons (Fsp3) is 0.714. The van der Waals surface area contributed by atoms with Crippen LogP contribution in [-0.2, 0) is 4.79 Å². The maximum atomic E-state index is 12.5. The molecule has 94 valence electrons. The topological polar surface area (TPSA) is 32.7 Å². The van der Waals surface area contributed by atoms with Crippen molar-refractivity contribution in [2.45, 2.75) is 53.1 Å². The molecular formula is C14H22N2O. The molecule has 2 heterocycles. The van der Waals surface area contributed by atoms with Crippen molar-refractivity contribution in [2.75, 3.05) is 6.54 Å². The number of carbonyl (C=O) groups excluding carboxylic acids is 1. The average Bonchev–Trinajstić information content (AvgIpc) is 2.58. The lowest BCUT2D eigenvalue weighted by molar-refractivity contribution is -0.136. The molecule has 17 heavy (non-hydrogen) atoms. The van der Waals surface area contributed by atoms with Crippen LogP contribution in [-0.4, -0.2) is 34.6 Å². The Kier molecular flexibility index (Phi) is 2.49. The number of likely N-dealkylation sites (tertiary alicyclic amines) is 1. The van der Waals surface area contributed by atoms with Gasteiger partial charge in [0, 0.05) is 11.8 Å². The number of allylic oxidation sites excluding steroid dienone is 1. The summed E-state index contributed by atoms with van der Waals surface area (Å²) < 4.78 is 0. The highest BCUT2D eigenvalue weighted by molar-refractivity contribution is 5.99. The number of carbonyl (C=O) groups is 1. The highest BCUT2D eigenvalue weighted by atomic mass is 16.2. The van der Waals surface area contributed by atoms with Gasteiger partial charge in [0.1, 0.15) is 5.54 Å². The zero-order valence-corrected chi connectivity index (χ0v) is 11.7. The Morgan fingerprint density at radius 2 is 1.94 bits per heavy atom. The van der Waals surface area contributed by atoms with Gasteiger partial charge >= 0.3 is 0 Å². The fourth-order valence-electron chi connectivity index (χ4n) is 3.12. The van der Waals surface area contributed by atoms with E-state index in [4.69, 9.17) is 4.99 Å². The first-order chi connectivity index (χ1) is 7.72. The summed E-state index contributed by atoms with van der Waals surface area (Å²) in [6.45, 7) is 13.0. The minimum Gasteiger partial charge on any atom is -0.337 e. The number of rotatable bonds is 1. The summed E-state index contributed by atoms with van der Waals surface area (Å²) in [5.74, 6) is 0.221. The molecule has 0 aromatic heterocycles. The zero-order valence-electron chi connectivity index (χ0n) is 11.7. The highest BCUT2D eigenvalue weighted by Crippen LogP contribution is 2.49. The fourth-order valence-corrected chi connectivity index (χ4v) is 3.12. The van der Waals surface area contributed by atoms with E-state index in [-0.39, 0.29) is 17.5 Å². The van der Waals surface area contributed by atoms with E-state index in [0.29, 0.717) is 0 Å². The van der Waals surface area contributed by atoms with Crippen LogP contribution in [0.25, 0.3) is 0 Å². The normalized spacial score (nSPS) is 31.5. The number of hydrogen-bond acceptors (Lipinski definition) is 2. The van der Waals surface area contributed by atoms with Gasteiger partial charge in [-0.2, -0.15) is 0 Å². The van der Waals surface area contributed by atoms with E-state index in [1.807, 2.05) is 25.7 Å². The molecule has 1 atom stereocenters. The van der Waals surface area contributed by atoms with Gasteiger partial charge in [-0.05, 0) is 53.2 Å². The van der Waals surface area contributed by atoms with E-state index in [1.54, 1.807) is 0 Å². The van der Waals surface area contributed by atoms with Crippen molar-refractivity contribution < 1.29 is 4.79 Å². The van der Waals surface area contributed by atoms with E-state index >= 15 is 0 Å². The van der Waals surface area contributed by atoms with Gasteiger partial charge < -0.3 is 4.90 Å². The van der Waals surface area contributed by atoms with Crippen LogP contribution in [0.1, 0.15) is 41.5 Å². The summed E-state index contributed by atoms with van der Waals surface area (Å²) in [6, 6.07) is 0.241. The van der Waals surface area contributed by atoms with Crippen LogP contribution in [0.2, 0.25) is 0 Å². The molecule has 1 amide bonds. The third-order valence-corrected chi connectivity index (χ3v) is 4.30. The van der Waals surface area contributed by atoms with Gasteiger partial charge in [-0.15, -0.1) is 0 Å². The molecule has 0 aromatic carbocycles. The Labute approximate surface area is 104 Å². The molecule has 1 spiro atoms. The lowest BCUT2D eigenvalue weighted by Gasteiger charge is -2.33. The van der Waals surface area contributed by atoms with E-state index in [9.17, 15) is 4.79 Å². The van der Waals surface area contributed by atoms with Crippen LogP contribution >= 0.6 is 0 Å². The first-order valence-electron chi connectivity index (χ1n) is 6.28. The van der Waals surface area contributed by atoms with Crippen molar-refractivity contribution >= 4 is 11.6 Å². The van der Waals surface area contributed by atoms with E-state index in [0.717, 1.165) is 12.3 Å². The molecule has 0 bridgehead atoms. The monoisotopic (exact) mass is 234 g/mol. The molecule has 0 aromatic rings. The molecule has 1 saturated heterocycles. The zero-order chi connectivity index (χ0) is 13.0. The second-order valence-corrected chi connectivity index (χ2v) is 6.09. The molecule has 0 radical (unpaired) electrons. The molecule has 2 rings (SSSR count). The summed E-state index contributed by atoms with van der Waals surface area (Å²) in [6.07, 6.45) is 2.11. The quantitative estimate of drug-likeness (QED) is 0.686. The van der Waals surface area contributed by atoms with Gasteiger partial charge in [-0.25, -0.2) is 0 Å². The summed E-state index contributed by atoms with van der Waals surface area (Å²) >= 11 is 0. The van der Waals surface area contributed by atoms with Crippen LogP contribution in [0, 0.1) is 5.41 Å². The maximum absolute atomic E-state index is 12.5. The third kappa shape index (κ3) is 1.41. The van der Waals surface area contributed by atoms with Gasteiger partial charge in [0.25, 0.3) is 0 Å². The van der Waals surface area contributed by atoms with Crippen molar-refractivity contribution in [2.24, 2.45) is 10.4 Å². The smallest absolute Gasteiger partial charge is 0.231 e. The highest BCUT2D eigenvalue weighted by Gasteiger charge is 2.60. The second kappa shape index (κ2) is 3.44. The number of aliphatic imine (C=N–C) groups is 1. The van der Waals surface area contributed by atoms with Gasteiger partial charge in [0.2, 0.25) is 5.91 Å². The Bertz CT molecular complexity index is 432. The minimum absolute atomic E-state index is 0.221. The number of amides is 1. The lowest BCUT2D eigenvalue weighted by Crippen LogP contribution is -2.43. The van der Waals surface area contributed by atoms with E-state index in [2.05, 4.69) is 26.8 Å². The van der Waals surface area contributed by atoms with Crippen molar-refractivity contribution in [1.29, 1.82) is 0 Å². The van der Waals surface area contributed by atoms with Crippen molar-refractivity contribution in [3.05, 3.63) is 11.6 Å². The van der Waals surface area contributed by atoms with Crippen LogP contribution in [0.3, 0.4) is 0 Å². The van der Waals surface area contributed by atoms with Gasteiger partial charge in [-0.3, -0.25) is 9.79 Å². The SMILES string of the molecule is CC1=CC(C)=N[C@]12CN(C(C)C)C(=O)C2(C)C. The Morgan fingerprint density at radius 3 is 2.29 bits per heavy atom. The average molecular weight is 234 g/mol. The van der Waals surface area contributed by atoms with Crippen LogP contribution < -0.4 is 0 Å². The summed E-state index contributed by atoms with van der Waals surface area (Å²) in [7, 11) is 0.